The molecule has 0 aromatic heterocycles. The van der Waals surface area contributed by atoms with Gasteiger partial charge in [-0.1, -0.05) is 46.9 Å². The number of rotatable bonds is 3. The number of hydrogen-bond donors (Lipinski definition) is 1. The molecule has 0 unspecified atom stereocenters. The van der Waals surface area contributed by atoms with Crippen molar-refractivity contribution in [1.29, 1.82) is 0 Å². The Morgan fingerprint density at radius 1 is 1.00 bits per heavy atom. The summed E-state index contributed by atoms with van der Waals surface area (Å²) in [5, 5.41) is 5.96. The van der Waals surface area contributed by atoms with Crippen LogP contribution in [0.15, 0.2) is 41.5 Å². The zero-order valence-electron chi connectivity index (χ0n) is 10.1. The number of benzene rings is 2. The van der Waals surface area contributed by atoms with Gasteiger partial charge in [0.25, 0.3) is 0 Å². The van der Waals surface area contributed by atoms with E-state index in [1.807, 2.05) is 25.1 Å². The predicted molar refractivity (Wildman–Crippen MR) is 83.9 cm³/mol. The fraction of sp³-hybridized carbons (Fsp3) is 0.0714. The molecule has 0 amide bonds. The third-order valence-corrected chi connectivity index (χ3v) is 3.50. The Bertz CT molecular complexity index is 624. The Labute approximate surface area is 127 Å². The van der Waals surface area contributed by atoms with E-state index in [1.54, 1.807) is 24.4 Å². The van der Waals surface area contributed by atoms with Gasteiger partial charge in [0.15, 0.2) is 0 Å². The molecule has 0 radical (unpaired) electrons. The maximum atomic E-state index is 6.03. The Kier molecular flexibility index (Phi) is 4.70. The van der Waals surface area contributed by atoms with Crippen molar-refractivity contribution in [3.63, 3.8) is 0 Å². The van der Waals surface area contributed by atoms with Crippen molar-refractivity contribution < 1.29 is 0 Å². The summed E-state index contributed by atoms with van der Waals surface area (Å²) < 4.78 is 0. The Morgan fingerprint density at radius 2 is 1.79 bits per heavy atom. The molecular weight excluding hydrogens is 303 g/mol. The number of hydrazone groups is 1. The van der Waals surface area contributed by atoms with Gasteiger partial charge in [0.05, 0.1) is 16.9 Å². The second-order valence-electron chi connectivity index (χ2n) is 4.00. The van der Waals surface area contributed by atoms with Crippen molar-refractivity contribution in [1.82, 2.24) is 0 Å². The van der Waals surface area contributed by atoms with Crippen LogP contribution < -0.4 is 5.43 Å². The number of aryl methyl sites for hydroxylation is 1. The molecule has 0 saturated carbocycles. The van der Waals surface area contributed by atoms with E-state index in [4.69, 9.17) is 34.8 Å². The van der Waals surface area contributed by atoms with Gasteiger partial charge in [-0.3, -0.25) is 5.43 Å². The molecule has 0 bridgehead atoms. The minimum Gasteiger partial charge on any atom is -0.278 e. The van der Waals surface area contributed by atoms with Gasteiger partial charge in [-0.15, -0.1) is 0 Å². The highest BCUT2D eigenvalue weighted by Gasteiger charge is 1.99. The second kappa shape index (κ2) is 6.29. The van der Waals surface area contributed by atoms with Gasteiger partial charge in [0, 0.05) is 15.6 Å². The van der Waals surface area contributed by atoms with Gasteiger partial charge in [-0.25, -0.2) is 0 Å². The highest BCUT2D eigenvalue weighted by Crippen LogP contribution is 2.21. The van der Waals surface area contributed by atoms with Crippen LogP contribution in [0, 0.1) is 6.92 Å². The van der Waals surface area contributed by atoms with Crippen molar-refractivity contribution in [2.24, 2.45) is 5.10 Å². The largest absolute Gasteiger partial charge is 0.278 e. The van der Waals surface area contributed by atoms with E-state index in [1.165, 1.54) is 0 Å². The van der Waals surface area contributed by atoms with Crippen molar-refractivity contribution in [3.8, 4) is 0 Å². The van der Waals surface area contributed by atoms with Crippen LogP contribution in [-0.2, 0) is 0 Å². The van der Waals surface area contributed by atoms with E-state index >= 15 is 0 Å². The van der Waals surface area contributed by atoms with Crippen LogP contribution in [-0.4, -0.2) is 6.21 Å². The van der Waals surface area contributed by atoms with E-state index in [0.717, 1.165) is 16.8 Å². The molecule has 0 aliphatic rings. The van der Waals surface area contributed by atoms with Crippen molar-refractivity contribution in [3.05, 3.63) is 62.6 Å². The lowest BCUT2D eigenvalue weighted by molar-refractivity contribution is 1.34. The summed E-state index contributed by atoms with van der Waals surface area (Å²) in [7, 11) is 0. The molecule has 19 heavy (non-hydrogen) atoms. The molecule has 0 fully saturated rings. The molecule has 1 N–H and O–H groups in total. The van der Waals surface area contributed by atoms with Crippen molar-refractivity contribution in [2.45, 2.75) is 6.92 Å². The summed E-state index contributed by atoms with van der Waals surface area (Å²) in [4.78, 5) is 0. The molecule has 0 aliphatic carbocycles. The second-order valence-corrected chi connectivity index (χ2v) is 5.25. The van der Waals surface area contributed by atoms with Crippen molar-refractivity contribution >= 4 is 46.7 Å². The summed E-state index contributed by atoms with van der Waals surface area (Å²) in [6.07, 6.45) is 1.63. The first-order valence-corrected chi connectivity index (χ1v) is 6.70. The van der Waals surface area contributed by atoms with E-state index in [-0.39, 0.29) is 0 Å². The average Bonchev–Trinajstić information content (AvgIpc) is 2.36. The van der Waals surface area contributed by atoms with E-state index in [0.29, 0.717) is 15.1 Å². The minimum atomic E-state index is 0.556. The normalized spacial score (nSPS) is 10.9. The van der Waals surface area contributed by atoms with Crippen LogP contribution in [0.1, 0.15) is 11.1 Å². The first-order valence-electron chi connectivity index (χ1n) is 5.56. The molecule has 5 heteroatoms. The van der Waals surface area contributed by atoms with E-state index in [9.17, 15) is 0 Å². The third-order valence-electron chi connectivity index (χ3n) is 2.53. The maximum absolute atomic E-state index is 6.03. The standard InChI is InChI=1S/C14H11Cl3N2/c1-9-2-5-12(7-13(9)16)19-18-8-10-3-4-11(15)6-14(10)17/h2-8,19H,1H3/b18-8+. The quantitative estimate of drug-likeness (QED) is 0.595. The van der Waals surface area contributed by atoms with Gasteiger partial charge in [-0.05, 0) is 36.8 Å². The topological polar surface area (TPSA) is 24.4 Å². The number of hydrogen-bond acceptors (Lipinski definition) is 2. The molecule has 0 saturated heterocycles. The molecule has 0 atom stereocenters. The lowest BCUT2D eigenvalue weighted by atomic mass is 10.2. The lowest BCUT2D eigenvalue weighted by Crippen LogP contribution is -1.91. The number of nitrogens with zero attached hydrogens (tertiary/aromatic N) is 1. The van der Waals surface area contributed by atoms with Gasteiger partial charge >= 0.3 is 0 Å². The van der Waals surface area contributed by atoms with Crippen LogP contribution in [0.3, 0.4) is 0 Å². The summed E-state index contributed by atoms with van der Waals surface area (Å²) >= 11 is 17.9. The molecule has 2 aromatic rings. The number of nitrogens with one attached hydrogen (secondary N) is 1. The van der Waals surface area contributed by atoms with Crippen LogP contribution >= 0.6 is 34.8 Å². The molecular formula is C14H11Cl3N2. The highest BCUT2D eigenvalue weighted by atomic mass is 35.5. The average molecular weight is 314 g/mol. The maximum Gasteiger partial charge on any atom is 0.0576 e. The zero-order valence-corrected chi connectivity index (χ0v) is 12.4. The summed E-state index contributed by atoms with van der Waals surface area (Å²) in [6, 6.07) is 10.9. The molecule has 0 aliphatic heterocycles. The molecule has 2 aromatic carbocycles. The third kappa shape index (κ3) is 3.87. The summed E-state index contributed by atoms with van der Waals surface area (Å²) in [6.45, 7) is 1.95. The highest BCUT2D eigenvalue weighted by molar-refractivity contribution is 6.36. The van der Waals surface area contributed by atoms with Gasteiger partial charge in [0.1, 0.15) is 0 Å². The van der Waals surface area contributed by atoms with Crippen LogP contribution in [0.2, 0.25) is 15.1 Å². The Balaban J connectivity index is 2.09. The van der Waals surface area contributed by atoms with Gasteiger partial charge in [-0.2, -0.15) is 5.10 Å². The van der Waals surface area contributed by atoms with Crippen LogP contribution in [0.5, 0.6) is 0 Å². The molecule has 98 valence electrons. The molecule has 2 nitrogen and oxygen atoms in total. The Morgan fingerprint density at radius 3 is 2.47 bits per heavy atom. The Hall–Kier alpha value is -1.22. The first-order chi connectivity index (χ1) is 9.06. The SMILES string of the molecule is Cc1ccc(N/N=C/c2ccc(Cl)cc2Cl)cc1Cl. The minimum absolute atomic E-state index is 0.556. The molecule has 0 spiro atoms. The van der Waals surface area contributed by atoms with Crippen LogP contribution in [0.25, 0.3) is 0 Å². The summed E-state index contributed by atoms with van der Waals surface area (Å²) in [5.74, 6) is 0. The van der Waals surface area contributed by atoms with E-state index < -0.39 is 0 Å². The van der Waals surface area contributed by atoms with Crippen molar-refractivity contribution in [2.75, 3.05) is 5.43 Å². The molecule has 0 heterocycles. The number of anilines is 1. The van der Waals surface area contributed by atoms with E-state index in [2.05, 4.69) is 10.5 Å². The fourth-order valence-electron chi connectivity index (χ4n) is 1.44. The monoisotopic (exact) mass is 312 g/mol. The smallest absolute Gasteiger partial charge is 0.0576 e. The fourth-order valence-corrected chi connectivity index (χ4v) is 2.08. The number of halogens is 3. The van der Waals surface area contributed by atoms with Gasteiger partial charge < -0.3 is 0 Å². The lowest BCUT2D eigenvalue weighted by Gasteiger charge is -2.03. The summed E-state index contributed by atoms with van der Waals surface area (Å²) in [5.41, 5.74) is 5.53. The zero-order chi connectivity index (χ0) is 13.8. The van der Waals surface area contributed by atoms with Gasteiger partial charge in [0.2, 0.25) is 0 Å². The van der Waals surface area contributed by atoms with Crippen LogP contribution in [0.4, 0.5) is 5.69 Å². The molecule has 2 rings (SSSR count). The predicted octanol–water partition coefficient (Wildman–Crippen LogP) is 5.40. The first kappa shape index (κ1) is 14.2.